The van der Waals surface area contributed by atoms with Crippen molar-refractivity contribution in [2.45, 2.75) is 19.8 Å². The zero-order valence-electron chi connectivity index (χ0n) is 12.4. The van der Waals surface area contributed by atoms with E-state index in [1.807, 2.05) is 42.5 Å². The molecule has 1 amide bonds. The molecule has 4 nitrogen and oxygen atoms in total. The van der Waals surface area contributed by atoms with Crippen LogP contribution < -0.4 is 5.32 Å². The molecule has 1 aliphatic heterocycles. The third-order valence-electron chi connectivity index (χ3n) is 3.68. The first-order chi connectivity index (χ1) is 10.7. The second-order valence-corrected chi connectivity index (χ2v) is 5.24. The second kappa shape index (κ2) is 6.02. The molecule has 0 spiro atoms. The summed E-state index contributed by atoms with van der Waals surface area (Å²) in [6.07, 6.45) is 0.654. The number of nitrogens with one attached hydrogen (secondary N) is 1. The monoisotopic (exact) mass is 295 g/mol. The van der Waals surface area contributed by atoms with E-state index in [4.69, 9.17) is 4.74 Å². The van der Waals surface area contributed by atoms with Crippen LogP contribution in [0.1, 0.15) is 18.1 Å². The SMILES string of the molecule is CCOC(=O)Cc1cccc(-c2cccc3c2CC(=O)N3)c1. The first-order valence-electron chi connectivity index (χ1n) is 7.34. The molecule has 112 valence electrons. The molecule has 0 saturated carbocycles. The number of ether oxygens (including phenoxy) is 1. The largest absolute Gasteiger partial charge is 0.466 e. The molecule has 0 unspecified atom stereocenters. The molecule has 1 heterocycles. The predicted octanol–water partition coefficient (Wildman–Crippen LogP) is 2.95. The van der Waals surface area contributed by atoms with Crippen LogP contribution in [-0.2, 0) is 27.2 Å². The lowest BCUT2D eigenvalue weighted by molar-refractivity contribution is -0.142. The van der Waals surface area contributed by atoms with Crippen LogP contribution in [0.2, 0.25) is 0 Å². The van der Waals surface area contributed by atoms with E-state index < -0.39 is 0 Å². The minimum atomic E-state index is -0.227. The molecule has 22 heavy (non-hydrogen) atoms. The Morgan fingerprint density at radius 3 is 2.86 bits per heavy atom. The van der Waals surface area contributed by atoms with E-state index >= 15 is 0 Å². The number of anilines is 1. The van der Waals surface area contributed by atoms with Crippen molar-refractivity contribution in [2.75, 3.05) is 11.9 Å². The van der Waals surface area contributed by atoms with E-state index in [1.165, 1.54) is 0 Å². The van der Waals surface area contributed by atoms with E-state index in [9.17, 15) is 9.59 Å². The summed E-state index contributed by atoms with van der Waals surface area (Å²) in [5.41, 5.74) is 4.83. The average molecular weight is 295 g/mol. The summed E-state index contributed by atoms with van der Waals surface area (Å²) < 4.78 is 4.99. The van der Waals surface area contributed by atoms with Gasteiger partial charge in [-0.25, -0.2) is 0 Å². The van der Waals surface area contributed by atoms with Gasteiger partial charge in [0.15, 0.2) is 0 Å². The van der Waals surface area contributed by atoms with Crippen molar-refractivity contribution in [1.82, 2.24) is 0 Å². The maximum Gasteiger partial charge on any atom is 0.310 e. The Hall–Kier alpha value is -2.62. The molecule has 1 N–H and O–H groups in total. The number of amides is 1. The fourth-order valence-corrected chi connectivity index (χ4v) is 2.75. The number of carbonyl (C=O) groups is 2. The van der Waals surface area contributed by atoms with Crippen LogP contribution in [0, 0.1) is 0 Å². The van der Waals surface area contributed by atoms with Crippen LogP contribution in [0.15, 0.2) is 42.5 Å². The van der Waals surface area contributed by atoms with Gasteiger partial charge in [0.05, 0.1) is 19.4 Å². The summed E-state index contributed by atoms with van der Waals surface area (Å²) >= 11 is 0. The second-order valence-electron chi connectivity index (χ2n) is 5.24. The summed E-state index contributed by atoms with van der Waals surface area (Å²) in [6.45, 7) is 2.18. The van der Waals surface area contributed by atoms with Crippen molar-refractivity contribution in [1.29, 1.82) is 0 Å². The fourth-order valence-electron chi connectivity index (χ4n) is 2.75. The van der Waals surface area contributed by atoms with Crippen molar-refractivity contribution in [3.8, 4) is 11.1 Å². The Balaban J connectivity index is 1.92. The maximum absolute atomic E-state index is 11.6. The minimum Gasteiger partial charge on any atom is -0.466 e. The average Bonchev–Trinajstić information content (AvgIpc) is 2.87. The number of esters is 1. The van der Waals surface area contributed by atoms with Crippen LogP contribution in [-0.4, -0.2) is 18.5 Å². The Bertz CT molecular complexity index is 737. The molecule has 2 aromatic carbocycles. The number of hydrogen-bond donors (Lipinski definition) is 1. The highest BCUT2D eigenvalue weighted by Crippen LogP contribution is 2.33. The molecular formula is C18H17NO3. The van der Waals surface area contributed by atoms with Crippen molar-refractivity contribution in [3.05, 3.63) is 53.6 Å². The van der Waals surface area contributed by atoms with Gasteiger partial charge < -0.3 is 10.1 Å². The zero-order valence-corrected chi connectivity index (χ0v) is 12.4. The van der Waals surface area contributed by atoms with E-state index in [2.05, 4.69) is 5.32 Å². The number of benzene rings is 2. The first-order valence-corrected chi connectivity index (χ1v) is 7.34. The zero-order chi connectivity index (χ0) is 15.5. The van der Waals surface area contributed by atoms with Crippen LogP contribution >= 0.6 is 0 Å². The standard InChI is InChI=1S/C18H17NO3/c1-2-22-18(21)10-12-5-3-6-13(9-12)14-7-4-8-16-15(14)11-17(20)19-16/h3-9H,2,10-11H2,1H3,(H,19,20). The first kappa shape index (κ1) is 14.3. The third kappa shape index (κ3) is 2.86. The van der Waals surface area contributed by atoms with Gasteiger partial charge in [0.25, 0.3) is 0 Å². The van der Waals surface area contributed by atoms with Gasteiger partial charge >= 0.3 is 5.97 Å². The molecule has 3 rings (SSSR count). The highest BCUT2D eigenvalue weighted by atomic mass is 16.5. The lowest BCUT2D eigenvalue weighted by atomic mass is 9.96. The van der Waals surface area contributed by atoms with Crippen LogP contribution in [0.5, 0.6) is 0 Å². The predicted molar refractivity (Wildman–Crippen MR) is 84.5 cm³/mol. The summed E-state index contributed by atoms with van der Waals surface area (Å²) in [7, 11) is 0. The summed E-state index contributed by atoms with van der Waals surface area (Å²) in [4.78, 5) is 23.2. The normalized spacial score (nSPS) is 12.7. The van der Waals surface area contributed by atoms with Crippen molar-refractivity contribution < 1.29 is 14.3 Å². The summed E-state index contributed by atoms with van der Waals surface area (Å²) in [5.74, 6) is -0.208. The molecule has 0 aromatic heterocycles. The molecular weight excluding hydrogens is 278 g/mol. The van der Waals surface area contributed by atoms with Gasteiger partial charge in [-0.1, -0.05) is 36.4 Å². The van der Waals surface area contributed by atoms with Crippen LogP contribution in [0.4, 0.5) is 5.69 Å². The highest BCUT2D eigenvalue weighted by molar-refractivity contribution is 6.01. The molecule has 0 bridgehead atoms. The minimum absolute atomic E-state index is 0.0186. The van der Waals surface area contributed by atoms with Crippen LogP contribution in [0.3, 0.4) is 0 Å². The lowest BCUT2D eigenvalue weighted by Gasteiger charge is -2.09. The molecule has 4 heteroatoms. The summed E-state index contributed by atoms with van der Waals surface area (Å²) in [5, 5.41) is 2.86. The van der Waals surface area contributed by atoms with Gasteiger partial charge in [0.2, 0.25) is 5.91 Å². The van der Waals surface area contributed by atoms with Crippen molar-refractivity contribution in [2.24, 2.45) is 0 Å². The Morgan fingerprint density at radius 2 is 2.05 bits per heavy atom. The van der Waals surface area contributed by atoms with Gasteiger partial charge in [-0.05, 0) is 35.2 Å². The van der Waals surface area contributed by atoms with E-state index in [-0.39, 0.29) is 18.3 Å². The number of carbonyl (C=O) groups excluding carboxylic acids is 2. The smallest absolute Gasteiger partial charge is 0.310 e. The van der Waals surface area contributed by atoms with Gasteiger partial charge in [-0.2, -0.15) is 0 Å². The maximum atomic E-state index is 11.6. The quantitative estimate of drug-likeness (QED) is 0.882. The van der Waals surface area contributed by atoms with Crippen LogP contribution in [0.25, 0.3) is 11.1 Å². The molecule has 0 atom stereocenters. The third-order valence-corrected chi connectivity index (χ3v) is 3.68. The molecule has 0 aliphatic carbocycles. The van der Waals surface area contributed by atoms with E-state index in [1.54, 1.807) is 6.92 Å². The molecule has 0 saturated heterocycles. The molecule has 0 fully saturated rings. The van der Waals surface area contributed by atoms with Gasteiger partial charge in [0.1, 0.15) is 0 Å². The Kier molecular flexibility index (Phi) is 3.92. The van der Waals surface area contributed by atoms with Gasteiger partial charge in [-0.3, -0.25) is 9.59 Å². The number of hydrogen-bond acceptors (Lipinski definition) is 3. The molecule has 2 aromatic rings. The Labute approximate surface area is 129 Å². The summed E-state index contributed by atoms with van der Waals surface area (Å²) in [6, 6.07) is 13.6. The number of rotatable bonds is 4. The molecule has 1 aliphatic rings. The number of fused-ring (bicyclic) bond motifs is 1. The van der Waals surface area contributed by atoms with E-state index in [0.29, 0.717) is 13.0 Å². The van der Waals surface area contributed by atoms with Gasteiger partial charge in [-0.15, -0.1) is 0 Å². The van der Waals surface area contributed by atoms with E-state index in [0.717, 1.165) is 27.9 Å². The van der Waals surface area contributed by atoms with Gasteiger partial charge in [0, 0.05) is 5.69 Å². The van der Waals surface area contributed by atoms with Crippen molar-refractivity contribution >= 4 is 17.6 Å². The van der Waals surface area contributed by atoms with Crippen molar-refractivity contribution in [3.63, 3.8) is 0 Å². The Morgan fingerprint density at radius 1 is 1.23 bits per heavy atom. The highest BCUT2D eigenvalue weighted by Gasteiger charge is 2.21. The molecule has 0 radical (unpaired) electrons. The topological polar surface area (TPSA) is 55.4 Å². The fraction of sp³-hybridized carbons (Fsp3) is 0.222. The lowest BCUT2D eigenvalue weighted by Crippen LogP contribution is -2.07.